The van der Waals surface area contributed by atoms with Gasteiger partial charge in [0.05, 0.1) is 6.54 Å². The lowest BCUT2D eigenvalue weighted by molar-refractivity contribution is -0.155. The summed E-state index contributed by atoms with van der Waals surface area (Å²) < 4.78 is 10.7. The normalized spacial score (nSPS) is 11.7. The van der Waals surface area contributed by atoms with Crippen LogP contribution < -0.4 is 0 Å². The maximum Gasteiger partial charge on any atom is 0.410 e. The van der Waals surface area contributed by atoms with Crippen molar-refractivity contribution in [1.82, 2.24) is 9.80 Å². The molecule has 0 fully saturated rings. The van der Waals surface area contributed by atoms with Crippen LogP contribution in [0.1, 0.15) is 48.0 Å². The molecule has 0 aromatic rings. The number of likely N-dealkylation sites (N-methyl/N-ethyl adjacent to an activating group) is 1. The molecule has 0 aliphatic rings. The van der Waals surface area contributed by atoms with E-state index in [0.29, 0.717) is 32.6 Å². The summed E-state index contributed by atoms with van der Waals surface area (Å²) in [5, 5.41) is 3.48. The van der Waals surface area contributed by atoms with Crippen molar-refractivity contribution in [2.45, 2.75) is 59.2 Å². The van der Waals surface area contributed by atoms with E-state index in [0.717, 1.165) is 0 Å². The summed E-state index contributed by atoms with van der Waals surface area (Å²) in [4.78, 5) is 30.3. The minimum absolute atomic E-state index is 0.137. The van der Waals surface area contributed by atoms with Gasteiger partial charge in [-0.3, -0.25) is 9.69 Å². The summed E-state index contributed by atoms with van der Waals surface area (Å²) in [6.45, 7) is 12.6. The molecule has 1 amide bonds. The quantitative estimate of drug-likeness (QED) is 0.203. The second-order valence-electron chi connectivity index (χ2n) is 8.10. The Hall–Kier alpha value is -1.99. The molecule has 0 saturated heterocycles. The van der Waals surface area contributed by atoms with Crippen LogP contribution in [0.15, 0.2) is 5.11 Å². The Kier molecular flexibility index (Phi) is 10.0. The summed E-state index contributed by atoms with van der Waals surface area (Å²) in [7, 11) is 1.79. The van der Waals surface area contributed by atoms with Crippen LogP contribution in [0, 0.1) is 0 Å². The standard InChI is InChI=1S/C17H33N5O4/c1-16(2,3)25-14(23)13-21(7)11-12-22(10-8-9-19-20-18)15(24)26-17(4,5)6/h8-13H2,1-7H3. The zero-order valence-electron chi connectivity index (χ0n) is 17.1. The molecule has 0 bridgehead atoms. The van der Waals surface area contributed by atoms with Crippen LogP contribution in [0.3, 0.4) is 0 Å². The maximum absolute atomic E-state index is 12.3. The van der Waals surface area contributed by atoms with Gasteiger partial charge in [0.1, 0.15) is 11.2 Å². The van der Waals surface area contributed by atoms with Gasteiger partial charge in [-0.1, -0.05) is 5.11 Å². The molecule has 9 nitrogen and oxygen atoms in total. The number of ether oxygens (including phenoxy) is 2. The summed E-state index contributed by atoms with van der Waals surface area (Å²) in [5.41, 5.74) is 7.22. The molecule has 0 aliphatic heterocycles. The first-order valence-electron chi connectivity index (χ1n) is 8.73. The first-order valence-corrected chi connectivity index (χ1v) is 8.73. The Balaban J connectivity index is 4.62. The minimum Gasteiger partial charge on any atom is -0.459 e. The predicted molar refractivity (Wildman–Crippen MR) is 99.8 cm³/mol. The molecule has 0 atom stereocenters. The first kappa shape index (κ1) is 24.0. The summed E-state index contributed by atoms with van der Waals surface area (Å²) >= 11 is 0. The van der Waals surface area contributed by atoms with Gasteiger partial charge in [0.2, 0.25) is 0 Å². The lowest BCUT2D eigenvalue weighted by Crippen LogP contribution is -2.42. The van der Waals surface area contributed by atoms with Crippen LogP contribution >= 0.6 is 0 Å². The SMILES string of the molecule is CN(CCN(CCCN=[N+]=[N-])C(=O)OC(C)(C)C)CC(=O)OC(C)(C)C. The zero-order chi connectivity index (χ0) is 20.4. The second kappa shape index (κ2) is 10.9. The number of esters is 1. The van der Waals surface area contributed by atoms with Crippen molar-refractivity contribution in [3.05, 3.63) is 10.4 Å². The van der Waals surface area contributed by atoms with Crippen LogP contribution in [0.2, 0.25) is 0 Å². The molecule has 0 aliphatic carbocycles. The van der Waals surface area contributed by atoms with E-state index in [1.54, 1.807) is 37.6 Å². The van der Waals surface area contributed by atoms with Crippen molar-refractivity contribution in [1.29, 1.82) is 0 Å². The zero-order valence-corrected chi connectivity index (χ0v) is 17.1. The number of hydrogen-bond acceptors (Lipinski definition) is 6. The molecule has 0 heterocycles. The van der Waals surface area contributed by atoms with E-state index >= 15 is 0 Å². The highest BCUT2D eigenvalue weighted by molar-refractivity contribution is 5.72. The van der Waals surface area contributed by atoms with Gasteiger partial charge in [0.25, 0.3) is 0 Å². The van der Waals surface area contributed by atoms with Crippen molar-refractivity contribution < 1.29 is 19.1 Å². The van der Waals surface area contributed by atoms with Gasteiger partial charge >= 0.3 is 12.1 Å². The average Bonchev–Trinajstić information content (AvgIpc) is 2.42. The fourth-order valence-corrected chi connectivity index (χ4v) is 1.96. The highest BCUT2D eigenvalue weighted by Gasteiger charge is 2.23. The van der Waals surface area contributed by atoms with Crippen LogP contribution in [0.5, 0.6) is 0 Å². The van der Waals surface area contributed by atoms with E-state index in [9.17, 15) is 9.59 Å². The fraction of sp³-hybridized carbons (Fsp3) is 0.882. The van der Waals surface area contributed by atoms with Gasteiger partial charge in [-0.05, 0) is 60.5 Å². The van der Waals surface area contributed by atoms with Crippen LogP contribution in [0.25, 0.3) is 10.4 Å². The third-order valence-electron chi connectivity index (χ3n) is 2.97. The van der Waals surface area contributed by atoms with Crippen molar-refractivity contribution in [2.75, 3.05) is 39.8 Å². The van der Waals surface area contributed by atoms with Gasteiger partial charge in [-0.2, -0.15) is 0 Å². The molecule has 0 rings (SSSR count). The number of carbonyl (C=O) groups is 2. The molecule has 0 spiro atoms. The van der Waals surface area contributed by atoms with Crippen molar-refractivity contribution in [3.8, 4) is 0 Å². The van der Waals surface area contributed by atoms with Gasteiger partial charge in [0.15, 0.2) is 0 Å². The lowest BCUT2D eigenvalue weighted by atomic mass is 10.2. The topological polar surface area (TPSA) is 108 Å². The number of azide groups is 1. The third-order valence-corrected chi connectivity index (χ3v) is 2.97. The second-order valence-corrected chi connectivity index (χ2v) is 8.10. The molecule has 0 N–H and O–H groups in total. The lowest BCUT2D eigenvalue weighted by Gasteiger charge is -2.29. The molecular formula is C17H33N5O4. The first-order chi connectivity index (χ1) is 11.8. The van der Waals surface area contributed by atoms with Gasteiger partial charge in [-0.25, -0.2) is 4.79 Å². The Bertz CT molecular complexity index is 504. The minimum atomic E-state index is -0.595. The molecule has 0 radical (unpaired) electrons. The molecule has 0 aromatic heterocycles. The van der Waals surface area contributed by atoms with E-state index in [-0.39, 0.29) is 12.5 Å². The molecule has 9 heteroatoms. The maximum atomic E-state index is 12.3. The van der Waals surface area contributed by atoms with E-state index in [4.69, 9.17) is 15.0 Å². The average molecular weight is 371 g/mol. The molecule has 26 heavy (non-hydrogen) atoms. The van der Waals surface area contributed by atoms with Crippen molar-refractivity contribution >= 4 is 12.1 Å². The molecular weight excluding hydrogens is 338 g/mol. The highest BCUT2D eigenvalue weighted by Crippen LogP contribution is 2.11. The Labute approximate surface area is 156 Å². The Morgan fingerprint density at radius 2 is 1.58 bits per heavy atom. The highest BCUT2D eigenvalue weighted by atomic mass is 16.6. The summed E-state index contributed by atoms with van der Waals surface area (Å²) in [6, 6.07) is 0. The fourth-order valence-electron chi connectivity index (χ4n) is 1.96. The molecule has 150 valence electrons. The monoisotopic (exact) mass is 371 g/mol. The van der Waals surface area contributed by atoms with E-state index < -0.39 is 17.3 Å². The largest absolute Gasteiger partial charge is 0.459 e. The van der Waals surface area contributed by atoms with Crippen molar-refractivity contribution in [3.63, 3.8) is 0 Å². The van der Waals surface area contributed by atoms with Crippen LogP contribution in [-0.4, -0.2) is 72.8 Å². The summed E-state index contributed by atoms with van der Waals surface area (Å²) in [5.74, 6) is -0.313. The number of rotatable bonds is 9. The predicted octanol–water partition coefficient (Wildman–Crippen LogP) is 3.20. The number of hydrogen-bond donors (Lipinski definition) is 0. The van der Waals surface area contributed by atoms with Gasteiger partial charge in [-0.15, -0.1) is 0 Å². The van der Waals surface area contributed by atoms with Gasteiger partial charge < -0.3 is 14.4 Å². The van der Waals surface area contributed by atoms with Crippen LogP contribution in [0.4, 0.5) is 4.79 Å². The van der Waals surface area contributed by atoms with E-state index in [1.807, 2.05) is 20.8 Å². The number of carbonyl (C=O) groups excluding carboxylic acids is 2. The third kappa shape index (κ3) is 13.3. The number of amides is 1. The smallest absolute Gasteiger partial charge is 0.410 e. The van der Waals surface area contributed by atoms with Crippen LogP contribution in [-0.2, 0) is 14.3 Å². The Morgan fingerprint density at radius 3 is 2.08 bits per heavy atom. The Morgan fingerprint density at radius 1 is 1.00 bits per heavy atom. The van der Waals surface area contributed by atoms with Crippen molar-refractivity contribution in [2.24, 2.45) is 5.11 Å². The van der Waals surface area contributed by atoms with Gasteiger partial charge in [0, 0.05) is 31.1 Å². The van der Waals surface area contributed by atoms with E-state index in [2.05, 4.69) is 10.0 Å². The molecule has 0 saturated carbocycles. The summed E-state index contributed by atoms with van der Waals surface area (Å²) in [6.07, 6.45) is 0.114. The molecule has 0 unspecified atom stereocenters. The molecule has 0 aromatic carbocycles. The number of nitrogens with zero attached hydrogens (tertiary/aromatic N) is 5. The van der Waals surface area contributed by atoms with E-state index in [1.165, 1.54) is 0 Å².